The monoisotopic (exact) mass is 373 g/mol. The molecule has 1 fully saturated rings. The molecule has 1 aliphatic heterocycles. The van der Waals surface area contributed by atoms with Crippen molar-refractivity contribution in [3.63, 3.8) is 0 Å². The van der Waals surface area contributed by atoms with Crippen molar-refractivity contribution in [1.29, 1.82) is 0 Å². The van der Waals surface area contributed by atoms with Gasteiger partial charge in [0.1, 0.15) is 0 Å². The van der Waals surface area contributed by atoms with E-state index in [1.807, 2.05) is 42.3 Å². The van der Waals surface area contributed by atoms with Gasteiger partial charge in [0.2, 0.25) is 0 Å². The second-order valence-electron chi connectivity index (χ2n) is 6.75. The van der Waals surface area contributed by atoms with Gasteiger partial charge in [0.05, 0.1) is 29.0 Å². The number of carbonyl (C=O) groups is 1. The summed E-state index contributed by atoms with van der Waals surface area (Å²) in [5.74, 6) is 0.249. The van der Waals surface area contributed by atoms with Crippen LogP contribution in [-0.2, 0) is 16.4 Å². The van der Waals surface area contributed by atoms with E-state index in [1.54, 1.807) is 30.4 Å². The predicted molar refractivity (Wildman–Crippen MR) is 102 cm³/mol. The molecule has 0 N–H and O–H groups in total. The van der Waals surface area contributed by atoms with Crippen LogP contribution in [0.3, 0.4) is 0 Å². The van der Waals surface area contributed by atoms with E-state index in [-0.39, 0.29) is 23.5 Å². The van der Waals surface area contributed by atoms with Gasteiger partial charge in [0, 0.05) is 32.9 Å². The summed E-state index contributed by atoms with van der Waals surface area (Å²) in [6.07, 6.45) is 3.82. The average Bonchev–Trinajstić information content (AvgIpc) is 3.01. The van der Waals surface area contributed by atoms with Crippen molar-refractivity contribution in [1.82, 2.24) is 9.88 Å². The third-order valence-electron chi connectivity index (χ3n) is 4.74. The number of pyridine rings is 1. The van der Waals surface area contributed by atoms with Crippen LogP contribution >= 0.6 is 0 Å². The number of sulfone groups is 1. The van der Waals surface area contributed by atoms with Crippen LogP contribution in [0.4, 0.5) is 5.69 Å². The van der Waals surface area contributed by atoms with E-state index in [4.69, 9.17) is 0 Å². The number of hydrogen-bond donors (Lipinski definition) is 0. The van der Waals surface area contributed by atoms with E-state index in [1.165, 1.54) is 0 Å². The summed E-state index contributed by atoms with van der Waals surface area (Å²) in [5, 5.41) is 0. The van der Waals surface area contributed by atoms with Crippen molar-refractivity contribution in [2.45, 2.75) is 19.0 Å². The molecule has 1 aromatic heterocycles. The molecule has 7 heteroatoms. The molecule has 1 saturated heterocycles. The van der Waals surface area contributed by atoms with Crippen molar-refractivity contribution in [2.24, 2.45) is 0 Å². The van der Waals surface area contributed by atoms with Gasteiger partial charge in [0.15, 0.2) is 9.84 Å². The van der Waals surface area contributed by atoms with E-state index in [9.17, 15) is 13.2 Å². The molecule has 0 radical (unpaired) electrons. The number of carbonyl (C=O) groups excluding carboxylic acids is 1. The van der Waals surface area contributed by atoms with Crippen molar-refractivity contribution in [3.8, 4) is 0 Å². The Balaban J connectivity index is 1.73. The van der Waals surface area contributed by atoms with Gasteiger partial charge in [-0.1, -0.05) is 30.3 Å². The molecule has 1 unspecified atom stereocenters. The van der Waals surface area contributed by atoms with E-state index >= 15 is 0 Å². The molecule has 6 nitrogen and oxygen atoms in total. The topological polar surface area (TPSA) is 70.6 Å². The summed E-state index contributed by atoms with van der Waals surface area (Å²) in [5.41, 5.74) is 2.31. The summed E-state index contributed by atoms with van der Waals surface area (Å²) < 4.78 is 23.4. The number of nitrogens with zero attached hydrogens (tertiary/aromatic N) is 3. The molecule has 3 rings (SSSR count). The third-order valence-corrected chi connectivity index (χ3v) is 6.49. The van der Waals surface area contributed by atoms with Crippen LogP contribution < -0.4 is 4.90 Å². The first-order chi connectivity index (χ1) is 12.4. The van der Waals surface area contributed by atoms with Crippen molar-refractivity contribution in [3.05, 3.63) is 59.9 Å². The summed E-state index contributed by atoms with van der Waals surface area (Å²) in [6, 6.07) is 11.5. The Morgan fingerprint density at radius 3 is 2.58 bits per heavy atom. The zero-order valence-corrected chi connectivity index (χ0v) is 15.8. The Kier molecular flexibility index (Phi) is 5.27. The van der Waals surface area contributed by atoms with Crippen molar-refractivity contribution < 1.29 is 13.2 Å². The highest BCUT2D eigenvalue weighted by molar-refractivity contribution is 7.91. The van der Waals surface area contributed by atoms with Gasteiger partial charge in [-0.2, -0.15) is 0 Å². The largest absolute Gasteiger partial charge is 0.369 e. The lowest BCUT2D eigenvalue weighted by Gasteiger charge is -2.26. The molecule has 1 atom stereocenters. The summed E-state index contributed by atoms with van der Waals surface area (Å²) in [7, 11) is 0.651. The quantitative estimate of drug-likeness (QED) is 0.801. The summed E-state index contributed by atoms with van der Waals surface area (Å²) in [6.45, 7) is 0.514. The number of anilines is 1. The highest BCUT2D eigenvalue weighted by Crippen LogP contribution is 2.23. The van der Waals surface area contributed by atoms with Gasteiger partial charge in [-0.15, -0.1) is 0 Å². The van der Waals surface area contributed by atoms with Crippen LogP contribution in [0.15, 0.2) is 48.8 Å². The Morgan fingerprint density at radius 1 is 1.19 bits per heavy atom. The van der Waals surface area contributed by atoms with Gasteiger partial charge in [-0.05, 0) is 18.1 Å². The zero-order valence-electron chi connectivity index (χ0n) is 15.0. The highest BCUT2D eigenvalue weighted by Gasteiger charge is 2.31. The van der Waals surface area contributed by atoms with Gasteiger partial charge in [-0.3, -0.25) is 9.78 Å². The molecule has 2 aromatic rings. The molecule has 138 valence electrons. The summed E-state index contributed by atoms with van der Waals surface area (Å²) in [4.78, 5) is 20.5. The predicted octanol–water partition coefficient (Wildman–Crippen LogP) is 1.98. The lowest BCUT2D eigenvalue weighted by molar-refractivity contribution is 0.0784. The number of hydrogen-bond acceptors (Lipinski definition) is 5. The number of amides is 1. The fourth-order valence-electron chi connectivity index (χ4n) is 3.18. The number of aromatic nitrogens is 1. The Labute approximate surface area is 154 Å². The van der Waals surface area contributed by atoms with Crippen LogP contribution in [0.5, 0.6) is 0 Å². The fourth-order valence-corrected chi connectivity index (χ4v) is 4.95. The lowest BCUT2D eigenvalue weighted by Crippen LogP contribution is -2.33. The fraction of sp³-hybridized carbons (Fsp3) is 0.368. The van der Waals surface area contributed by atoms with Crippen LogP contribution in [0.2, 0.25) is 0 Å². The van der Waals surface area contributed by atoms with Crippen LogP contribution in [0.25, 0.3) is 0 Å². The molecule has 2 heterocycles. The first-order valence-electron chi connectivity index (χ1n) is 8.53. The maximum absolute atomic E-state index is 12.7. The molecule has 0 aliphatic carbocycles. The Morgan fingerprint density at radius 2 is 1.92 bits per heavy atom. The second-order valence-corrected chi connectivity index (χ2v) is 8.98. The maximum Gasteiger partial charge on any atom is 0.255 e. The molecule has 1 aromatic carbocycles. The first kappa shape index (κ1) is 18.4. The average molecular weight is 373 g/mol. The van der Waals surface area contributed by atoms with E-state index in [0.717, 1.165) is 11.3 Å². The normalized spacial score (nSPS) is 18.5. The molecule has 0 bridgehead atoms. The first-order valence-corrected chi connectivity index (χ1v) is 10.4. The molecule has 0 saturated carbocycles. The minimum Gasteiger partial charge on any atom is -0.369 e. The number of benzene rings is 1. The molecular weight excluding hydrogens is 350 g/mol. The zero-order chi connectivity index (χ0) is 18.7. The molecule has 26 heavy (non-hydrogen) atoms. The van der Waals surface area contributed by atoms with Gasteiger partial charge in [0.25, 0.3) is 5.91 Å². The summed E-state index contributed by atoms with van der Waals surface area (Å²) >= 11 is 0. The lowest BCUT2D eigenvalue weighted by atomic mass is 10.1. The third kappa shape index (κ3) is 4.22. The van der Waals surface area contributed by atoms with E-state index in [2.05, 4.69) is 4.98 Å². The minimum atomic E-state index is -2.96. The van der Waals surface area contributed by atoms with E-state index in [0.29, 0.717) is 18.5 Å². The van der Waals surface area contributed by atoms with Gasteiger partial charge in [-0.25, -0.2) is 8.42 Å². The smallest absolute Gasteiger partial charge is 0.255 e. The second kappa shape index (κ2) is 7.45. The molecule has 0 spiro atoms. The number of rotatable bonds is 5. The standard InChI is InChI=1S/C19H23N3O3S/c1-21(13-15-6-4-3-5-7-15)19(23)16-10-18(12-20-11-16)22(2)17-8-9-26(24,25)14-17/h3-7,10-12,17H,8-9,13-14H2,1-2H3. The maximum atomic E-state index is 12.7. The van der Waals surface area contributed by atoms with Crippen molar-refractivity contribution in [2.75, 3.05) is 30.5 Å². The highest BCUT2D eigenvalue weighted by atomic mass is 32.2. The minimum absolute atomic E-state index is 0.0748. The van der Waals surface area contributed by atoms with E-state index < -0.39 is 9.84 Å². The molecule has 1 amide bonds. The van der Waals surface area contributed by atoms with Crippen molar-refractivity contribution >= 4 is 21.4 Å². The van der Waals surface area contributed by atoms with Gasteiger partial charge < -0.3 is 9.80 Å². The van der Waals surface area contributed by atoms with Crippen LogP contribution in [0.1, 0.15) is 22.3 Å². The van der Waals surface area contributed by atoms with Crippen LogP contribution in [-0.4, -0.2) is 55.9 Å². The Hall–Kier alpha value is -2.41. The van der Waals surface area contributed by atoms with Crippen LogP contribution in [0, 0.1) is 0 Å². The van der Waals surface area contributed by atoms with Gasteiger partial charge >= 0.3 is 0 Å². The Bertz CT molecular complexity index is 884. The molecule has 1 aliphatic rings. The SMILES string of the molecule is CN(Cc1ccccc1)C(=O)c1cncc(N(C)C2CCS(=O)(=O)C2)c1. The molecular formula is C19H23N3O3S.